The second-order valence-electron chi connectivity index (χ2n) is 16.8. The number of aromatic nitrogens is 1. The number of benzene rings is 10. The van der Waals surface area contributed by atoms with Crippen LogP contribution >= 0.6 is 0 Å². The smallest absolute Gasteiger partial charge is 0.0541 e. The van der Waals surface area contributed by atoms with Crippen molar-refractivity contribution in [2.45, 2.75) is 11.8 Å². The van der Waals surface area contributed by atoms with E-state index in [1.54, 1.807) is 0 Å². The second-order valence-corrected chi connectivity index (χ2v) is 16.8. The zero-order chi connectivity index (χ0) is 40.0. The third-order valence-electron chi connectivity index (χ3n) is 13.6. The first kappa shape index (κ1) is 34.2. The van der Waals surface area contributed by atoms with Crippen molar-refractivity contribution in [2.75, 3.05) is 0 Å². The molecule has 0 amide bonds. The highest BCUT2D eigenvalue weighted by Crippen LogP contribution is 2.58. The van der Waals surface area contributed by atoms with Crippen molar-refractivity contribution in [3.8, 4) is 50.2 Å². The van der Waals surface area contributed by atoms with E-state index in [9.17, 15) is 0 Å². The Kier molecular flexibility index (Phi) is 7.50. The van der Waals surface area contributed by atoms with E-state index in [0.29, 0.717) is 0 Å². The fourth-order valence-electron chi connectivity index (χ4n) is 10.8. The topological polar surface area (TPSA) is 4.93 Å². The highest BCUT2D eigenvalue weighted by Gasteiger charge is 2.39. The van der Waals surface area contributed by atoms with Crippen molar-refractivity contribution < 1.29 is 0 Å². The summed E-state index contributed by atoms with van der Waals surface area (Å²) in [5.74, 6) is 0.305. The molecule has 10 aromatic carbocycles. The Morgan fingerprint density at radius 1 is 0.311 bits per heavy atom. The van der Waals surface area contributed by atoms with Crippen molar-refractivity contribution in [3.05, 3.63) is 258 Å². The maximum Gasteiger partial charge on any atom is 0.0541 e. The highest BCUT2D eigenvalue weighted by atomic mass is 15.0. The summed E-state index contributed by atoms with van der Waals surface area (Å²) >= 11 is 0. The van der Waals surface area contributed by atoms with E-state index in [0.717, 1.165) is 5.69 Å². The Labute approximate surface area is 355 Å². The molecule has 1 nitrogen and oxygen atoms in total. The quantitative estimate of drug-likeness (QED) is 0.164. The highest BCUT2D eigenvalue weighted by molar-refractivity contribution is 6.10. The van der Waals surface area contributed by atoms with Crippen molar-refractivity contribution in [1.82, 2.24) is 4.57 Å². The van der Waals surface area contributed by atoms with Crippen LogP contribution in [0.4, 0.5) is 0 Å². The minimum absolute atomic E-state index is 0.106. The van der Waals surface area contributed by atoms with Crippen LogP contribution in [0, 0.1) is 0 Å². The van der Waals surface area contributed by atoms with Gasteiger partial charge in [0.05, 0.1) is 11.0 Å². The molecule has 2 atom stereocenters. The monoisotopic (exact) mass is 773 g/mol. The van der Waals surface area contributed by atoms with E-state index in [4.69, 9.17) is 0 Å². The molecule has 0 saturated heterocycles. The van der Waals surface area contributed by atoms with E-state index in [-0.39, 0.29) is 11.8 Å². The molecule has 0 fully saturated rings. The number of nitrogens with zero attached hydrogens (tertiary/aromatic N) is 1. The van der Waals surface area contributed by atoms with Crippen LogP contribution in [0.5, 0.6) is 0 Å². The van der Waals surface area contributed by atoms with Crippen LogP contribution in [-0.2, 0) is 0 Å². The van der Waals surface area contributed by atoms with Crippen molar-refractivity contribution >= 4 is 32.6 Å². The summed E-state index contributed by atoms with van der Waals surface area (Å²) in [4.78, 5) is 0. The summed E-state index contributed by atoms with van der Waals surface area (Å²) in [6.45, 7) is 0. The fraction of sp³-hybridized carbons (Fsp3) is 0.0333. The molecule has 0 bridgehead atoms. The lowest BCUT2D eigenvalue weighted by atomic mass is 9.83. The molecule has 2 unspecified atom stereocenters. The third-order valence-corrected chi connectivity index (χ3v) is 13.6. The van der Waals surface area contributed by atoms with Gasteiger partial charge < -0.3 is 4.57 Å². The molecule has 0 aliphatic heterocycles. The molecule has 61 heavy (non-hydrogen) atoms. The third kappa shape index (κ3) is 5.20. The van der Waals surface area contributed by atoms with Crippen LogP contribution in [0.1, 0.15) is 45.2 Å². The lowest BCUT2D eigenvalue weighted by molar-refractivity contribution is 0.997. The van der Waals surface area contributed by atoms with Crippen LogP contribution in [-0.4, -0.2) is 4.57 Å². The van der Waals surface area contributed by atoms with Gasteiger partial charge in [0.1, 0.15) is 0 Å². The van der Waals surface area contributed by atoms with E-state index in [1.165, 1.54) is 110 Å². The molecular formula is C60H39N. The Morgan fingerprint density at radius 2 is 0.951 bits per heavy atom. The summed E-state index contributed by atoms with van der Waals surface area (Å²) in [7, 11) is 0. The minimum atomic E-state index is 0.106. The lowest BCUT2D eigenvalue weighted by Gasteiger charge is -2.20. The zero-order valence-electron chi connectivity index (χ0n) is 33.5. The summed E-state index contributed by atoms with van der Waals surface area (Å²) in [5, 5.41) is 5.07. The Balaban J connectivity index is 0.983. The Hall–Kier alpha value is -7.74. The standard InChI is InChI=1S/C60H39N/c1-3-13-38(14-4-1)40-25-29-46(30-26-40)61-55-22-12-11-19-47(55)54-37-44(28-34-56(54)61)43-27-31-50-53(36-43)51-32-33-52-57(41-16-5-2-6-17-41)48-20-9-10-21-49(48)59(52)60(51)58(50)45-24-23-39-15-7-8-18-42(39)35-45/h1-37,57-58H. The first-order valence-electron chi connectivity index (χ1n) is 21.4. The van der Waals surface area contributed by atoms with Gasteiger partial charge in [-0.25, -0.2) is 0 Å². The van der Waals surface area contributed by atoms with Gasteiger partial charge in [-0.3, -0.25) is 0 Å². The van der Waals surface area contributed by atoms with Gasteiger partial charge in [-0.05, 0) is 125 Å². The number of hydrogen-bond acceptors (Lipinski definition) is 0. The normalized spacial score (nSPS) is 14.9. The maximum atomic E-state index is 2.47. The van der Waals surface area contributed by atoms with Gasteiger partial charge in [0.2, 0.25) is 0 Å². The SMILES string of the molecule is c1ccc(-c2ccc(-n3c4ccccc4c4cc(-c5ccc6c(c5)-c5ccc7c(c5C6c5ccc6ccccc6c5)-c5ccccc5C7c5ccccc5)ccc43)cc2)cc1. The number of para-hydroxylation sites is 1. The van der Waals surface area contributed by atoms with Gasteiger partial charge in [0, 0.05) is 28.3 Å². The van der Waals surface area contributed by atoms with E-state index in [2.05, 4.69) is 229 Å². The predicted octanol–water partition coefficient (Wildman–Crippen LogP) is 15.6. The zero-order valence-corrected chi connectivity index (χ0v) is 33.5. The molecule has 0 radical (unpaired) electrons. The molecule has 0 saturated carbocycles. The van der Waals surface area contributed by atoms with Gasteiger partial charge in [-0.2, -0.15) is 0 Å². The van der Waals surface area contributed by atoms with Crippen LogP contribution in [0.2, 0.25) is 0 Å². The molecule has 2 aliphatic rings. The summed E-state index contributed by atoms with van der Waals surface area (Å²) in [5.41, 5.74) is 22.2. The van der Waals surface area contributed by atoms with E-state index in [1.807, 2.05) is 0 Å². The largest absolute Gasteiger partial charge is 0.309 e. The van der Waals surface area contributed by atoms with Gasteiger partial charge in [0.15, 0.2) is 0 Å². The van der Waals surface area contributed by atoms with E-state index < -0.39 is 0 Å². The van der Waals surface area contributed by atoms with Crippen molar-refractivity contribution in [3.63, 3.8) is 0 Å². The van der Waals surface area contributed by atoms with Gasteiger partial charge in [-0.15, -0.1) is 0 Å². The molecule has 13 rings (SSSR count). The average molecular weight is 774 g/mol. The molecule has 1 heterocycles. The maximum absolute atomic E-state index is 2.47. The van der Waals surface area contributed by atoms with Gasteiger partial charge in [0.25, 0.3) is 0 Å². The van der Waals surface area contributed by atoms with E-state index >= 15 is 0 Å². The van der Waals surface area contributed by atoms with Crippen LogP contribution < -0.4 is 0 Å². The second kappa shape index (κ2) is 13.4. The average Bonchev–Trinajstić information content (AvgIpc) is 3.97. The van der Waals surface area contributed by atoms with Gasteiger partial charge >= 0.3 is 0 Å². The number of hydrogen-bond donors (Lipinski definition) is 0. The molecule has 2 aliphatic carbocycles. The summed E-state index contributed by atoms with van der Waals surface area (Å²) in [6, 6.07) is 83.7. The number of rotatable bonds is 5. The summed E-state index contributed by atoms with van der Waals surface area (Å²) in [6.07, 6.45) is 0. The summed E-state index contributed by atoms with van der Waals surface area (Å²) < 4.78 is 2.41. The predicted molar refractivity (Wildman–Crippen MR) is 255 cm³/mol. The molecule has 0 N–H and O–H groups in total. The molecule has 0 spiro atoms. The molecule has 284 valence electrons. The Bertz CT molecular complexity index is 3520. The fourth-order valence-corrected chi connectivity index (χ4v) is 10.8. The first-order valence-corrected chi connectivity index (χ1v) is 21.4. The number of fused-ring (bicyclic) bond motifs is 11. The molecule has 1 aromatic heterocycles. The molecular weight excluding hydrogens is 735 g/mol. The van der Waals surface area contributed by atoms with Gasteiger partial charge in [-0.1, -0.05) is 188 Å². The minimum Gasteiger partial charge on any atom is -0.309 e. The Morgan fingerprint density at radius 3 is 1.82 bits per heavy atom. The lowest BCUT2D eigenvalue weighted by Crippen LogP contribution is -2.03. The molecule has 1 heteroatoms. The van der Waals surface area contributed by atoms with Crippen molar-refractivity contribution in [2.24, 2.45) is 0 Å². The van der Waals surface area contributed by atoms with Crippen LogP contribution in [0.3, 0.4) is 0 Å². The first-order chi connectivity index (χ1) is 30.3. The van der Waals surface area contributed by atoms with Crippen LogP contribution in [0.15, 0.2) is 224 Å². The van der Waals surface area contributed by atoms with Crippen molar-refractivity contribution in [1.29, 1.82) is 0 Å². The molecule has 11 aromatic rings. The van der Waals surface area contributed by atoms with Crippen LogP contribution in [0.25, 0.3) is 82.8 Å².